The van der Waals surface area contributed by atoms with Gasteiger partial charge in [-0.1, -0.05) is 25.5 Å². The Kier molecular flexibility index (Phi) is 8.29. The van der Waals surface area contributed by atoms with Gasteiger partial charge in [-0.15, -0.1) is 0 Å². The van der Waals surface area contributed by atoms with Gasteiger partial charge in [0.2, 0.25) is 5.91 Å². The molecular weight excluding hydrogens is 557 g/mol. The Morgan fingerprint density at radius 2 is 1.82 bits per heavy atom. The first kappa shape index (κ1) is 28.9. The molecule has 0 saturated carbocycles. The molecule has 0 bridgehead atoms. The number of rotatable bonds is 11. The number of carbonyl (C=O) groups excluding carboxylic acids is 1. The molecule has 0 aliphatic heterocycles. The van der Waals surface area contributed by atoms with Crippen molar-refractivity contribution in [2.24, 2.45) is 0 Å². The number of benzene rings is 2. The number of H-pyrrole nitrogens is 2. The van der Waals surface area contributed by atoms with Crippen molar-refractivity contribution in [1.29, 1.82) is 0 Å². The molecule has 6 aromatic rings. The third kappa shape index (κ3) is 6.28. The van der Waals surface area contributed by atoms with Crippen LogP contribution in [0.4, 0.5) is 15.8 Å². The van der Waals surface area contributed by atoms with Gasteiger partial charge in [0.15, 0.2) is 11.5 Å². The van der Waals surface area contributed by atoms with Gasteiger partial charge in [-0.05, 0) is 68.5 Å². The van der Waals surface area contributed by atoms with Gasteiger partial charge >= 0.3 is 0 Å². The molecule has 0 aliphatic carbocycles. The number of imidazole rings is 1. The number of aromatic nitrogens is 6. The van der Waals surface area contributed by atoms with E-state index in [1.165, 1.54) is 12.1 Å². The number of nitrogens with one attached hydrogen (secondary N) is 4. The number of hydrogen-bond acceptors (Lipinski definition) is 7. The lowest BCUT2D eigenvalue weighted by atomic mass is 10.0. The van der Waals surface area contributed by atoms with Crippen molar-refractivity contribution in [1.82, 2.24) is 35.0 Å². The third-order valence-corrected chi connectivity index (χ3v) is 7.32. The van der Waals surface area contributed by atoms with E-state index in [1.807, 2.05) is 56.6 Å². The molecule has 0 saturated heterocycles. The first-order chi connectivity index (χ1) is 21.4. The van der Waals surface area contributed by atoms with Gasteiger partial charge in [0.1, 0.15) is 11.3 Å². The number of pyridine rings is 2. The minimum absolute atomic E-state index is 0.0364. The minimum Gasteiger partial charge on any atom is -0.384 e. The first-order valence-corrected chi connectivity index (χ1v) is 14.7. The minimum atomic E-state index is -0.322. The molecule has 0 radical (unpaired) electrons. The highest BCUT2D eigenvalue weighted by Gasteiger charge is 2.18. The fourth-order valence-electron chi connectivity index (χ4n) is 5.08. The van der Waals surface area contributed by atoms with Gasteiger partial charge < -0.3 is 20.5 Å². The number of para-hydroxylation sites is 1. The Morgan fingerprint density at radius 3 is 2.66 bits per heavy atom. The van der Waals surface area contributed by atoms with Crippen molar-refractivity contribution in [2.75, 3.05) is 37.8 Å². The normalized spacial score (nSPS) is 11.5. The number of fused-ring (bicyclic) bond motifs is 2. The Morgan fingerprint density at radius 1 is 0.955 bits per heavy atom. The summed E-state index contributed by atoms with van der Waals surface area (Å²) in [5, 5.41) is 13.8. The van der Waals surface area contributed by atoms with E-state index in [1.54, 1.807) is 12.4 Å². The predicted molar refractivity (Wildman–Crippen MR) is 173 cm³/mol. The molecule has 10 nitrogen and oxygen atoms in total. The summed E-state index contributed by atoms with van der Waals surface area (Å²) in [7, 11) is 4.00. The van der Waals surface area contributed by atoms with Crippen LogP contribution in [-0.4, -0.2) is 68.1 Å². The zero-order valence-corrected chi connectivity index (χ0v) is 24.9. The molecule has 0 atom stereocenters. The molecule has 0 aliphatic rings. The van der Waals surface area contributed by atoms with Gasteiger partial charge in [-0.2, -0.15) is 5.10 Å². The van der Waals surface area contributed by atoms with Crippen molar-refractivity contribution < 1.29 is 9.18 Å². The fourth-order valence-corrected chi connectivity index (χ4v) is 5.08. The average molecular weight is 592 g/mol. The average Bonchev–Trinajstić information content (AvgIpc) is 3.63. The summed E-state index contributed by atoms with van der Waals surface area (Å²) in [5.41, 5.74) is 7.76. The fraction of sp³-hybridized carbons (Fsp3) is 0.242. The van der Waals surface area contributed by atoms with Gasteiger partial charge in [0.05, 0.1) is 34.1 Å². The van der Waals surface area contributed by atoms with Crippen LogP contribution in [0, 0.1) is 5.82 Å². The van der Waals surface area contributed by atoms with Crippen molar-refractivity contribution in [3.05, 3.63) is 72.8 Å². The monoisotopic (exact) mass is 591 g/mol. The second kappa shape index (κ2) is 12.6. The maximum atomic E-state index is 14.7. The standard InChI is InChI=1S/C33H34FN9O/c1-4-5-9-29(44)37-24-16-21(18-35-19-24)26-10-11-28-31(38-26)32(42-41-28)33-39-27-8-6-7-25(30(27)40-33)20-14-22(34)17-23(15-20)36-12-13-43(2)3/h6-8,10-11,14-19,36H,4-5,9,12-13H2,1-3H3,(H,37,44)(H,39,40)(H,41,42). The van der Waals surface area contributed by atoms with E-state index in [0.717, 1.165) is 47.1 Å². The van der Waals surface area contributed by atoms with Crippen LogP contribution in [0.5, 0.6) is 0 Å². The number of aromatic amines is 2. The van der Waals surface area contributed by atoms with Crippen molar-refractivity contribution in [3.8, 4) is 33.9 Å². The van der Waals surface area contributed by atoms with Crippen LogP contribution in [0.3, 0.4) is 0 Å². The molecule has 0 fully saturated rings. The van der Waals surface area contributed by atoms with E-state index in [9.17, 15) is 9.18 Å². The molecule has 0 spiro atoms. The number of hydrogen-bond donors (Lipinski definition) is 4. The molecule has 4 heterocycles. The number of carbonyl (C=O) groups is 1. The topological polar surface area (TPSA) is 128 Å². The molecule has 1 amide bonds. The van der Waals surface area contributed by atoms with E-state index in [-0.39, 0.29) is 11.7 Å². The molecule has 6 rings (SSSR count). The van der Waals surface area contributed by atoms with Crippen molar-refractivity contribution >= 4 is 39.3 Å². The lowest BCUT2D eigenvalue weighted by Crippen LogP contribution is -2.20. The number of amides is 1. The summed E-state index contributed by atoms with van der Waals surface area (Å²) >= 11 is 0. The Bertz CT molecular complexity index is 1950. The quantitative estimate of drug-likeness (QED) is 0.136. The Hall–Kier alpha value is -5.16. The van der Waals surface area contributed by atoms with E-state index in [4.69, 9.17) is 9.97 Å². The highest BCUT2D eigenvalue weighted by Crippen LogP contribution is 2.33. The number of halogens is 1. The number of nitrogens with zero attached hydrogens (tertiary/aromatic N) is 5. The maximum Gasteiger partial charge on any atom is 0.224 e. The molecule has 224 valence electrons. The summed E-state index contributed by atoms with van der Waals surface area (Å²) in [6.45, 7) is 3.58. The zero-order valence-electron chi connectivity index (χ0n) is 24.9. The first-order valence-electron chi connectivity index (χ1n) is 14.7. The van der Waals surface area contributed by atoms with Crippen LogP contribution in [0.15, 0.2) is 67.0 Å². The van der Waals surface area contributed by atoms with Crippen LogP contribution in [0.25, 0.3) is 56.0 Å². The third-order valence-electron chi connectivity index (χ3n) is 7.32. The molecule has 4 N–H and O–H groups in total. The number of likely N-dealkylation sites (N-methyl/N-ethyl adjacent to an activating group) is 1. The zero-order chi connectivity index (χ0) is 30.6. The van der Waals surface area contributed by atoms with Crippen LogP contribution in [0.1, 0.15) is 26.2 Å². The molecular formula is C33H34FN9O. The van der Waals surface area contributed by atoms with Crippen LogP contribution >= 0.6 is 0 Å². The molecule has 0 unspecified atom stereocenters. The summed E-state index contributed by atoms with van der Waals surface area (Å²) in [4.78, 5) is 31.8. The smallest absolute Gasteiger partial charge is 0.224 e. The maximum absolute atomic E-state index is 14.7. The second-order valence-corrected chi connectivity index (χ2v) is 11.0. The van der Waals surface area contributed by atoms with Crippen LogP contribution < -0.4 is 10.6 Å². The van der Waals surface area contributed by atoms with E-state index in [2.05, 4.69) is 42.6 Å². The lowest BCUT2D eigenvalue weighted by molar-refractivity contribution is -0.116. The molecule has 4 aromatic heterocycles. The largest absolute Gasteiger partial charge is 0.384 e. The SMILES string of the molecule is CCCCC(=O)Nc1cncc(-c2ccc3[nH]nc(-c4nc5c(-c6cc(F)cc(NCCN(C)C)c6)cccc5[nH]4)c3n2)c1. The number of unbranched alkanes of at least 4 members (excludes halogenated alkanes) is 1. The summed E-state index contributed by atoms with van der Waals surface area (Å²) in [6.07, 6.45) is 5.60. The van der Waals surface area contributed by atoms with Crippen LogP contribution in [-0.2, 0) is 4.79 Å². The van der Waals surface area contributed by atoms with Crippen molar-refractivity contribution in [2.45, 2.75) is 26.2 Å². The molecule has 44 heavy (non-hydrogen) atoms. The Labute approximate surface area is 254 Å². The summed E-state index contributed by atoms with van der Waals surface area (Å²) in [5.74, 6) is 0.182. The summed E-state index contributed by atoms with van der Waals surface area (Å²) < 4.78 is 14.7. The van der Waals surface area contributed by atoms with E-state index < -0.39 is 0 Å². The van der Waals surface area contributed by atoms with Gasteiger partial charge in [-0.25, -0.2) is 14.4 Å². The van der Waals surface area contributed by atoms with Crippen molar-refractivity contribution in [3.63, 3.8) is 0 Å². The highest BCUT2D eigenvalue weighted by atomic mass is 19.1. The Balaban J connectivity index is 1.33. The predicted octanol–water partition coefficient (Wildman–Crippen LogP) is 6.47. The van der Waals surface area contributed by atoms with Gasteiger partial charge in [0, 0.05) is 42.5 Å². The van der Waals surface area contributed by atoms with Gasteiger partial charge in [0.25, 0.3) is 0 Å². The second-order valence-electron chi connectivity index (χ2n) is 11.0. The molecule has 11 heteroatoms. The van der Waals surface area contributed by atoms with Crippen LogP contribution in [0.2, 0.25) is 0 Å². The lowest BCUT2D eigenvalue weighted by Gasteiger charge is -2.13. The summed E-state index contributed by atoms with van der Waals surface area (Å²) in [6, 6.07) is 16.4. The van der Waals surface area contributed by atoms with E-state index in [0.29, 0.717) is 52.6 Å². The number of anilines is 2. The highest BCUT2D eigenvalue weighted by molar-refractivity contribution is 5.97. The molecule has 2 aromatic carbocycles. The van der Waals surface area contributed by atoms with E-state index >= 15 is 0 Å². The van der Waals surface area contributed by atoms with Gasteiger partial charge in [-0.3, -0.25) is 14.9 Å².